The summed E-state index contributed by atoms with van der Waals surface area (Å²) in [6, 6.07) is 9.88. The lowest BCUT2D eigenvalue weighted by molar-refractivity contribution is 0.0993. The van der Waals surface area contributed by atoms with Gasteiger partial charge in [0.25, 0.3) is 0 Å². The van der Waals surface area contributed by atoms with E-state index in [0.717, 1.165) is 12.1 Å². The first-order valence-corrected chi connectivity index (χ1v) is 6.52. The third kappa shape index (κ3) is 4.13. The van der Waals surface area contributed by atoms with Crippen molar-refractivity contribution >= 4 is 23.1 Å². The van der Waals surface area contributed by atoms with Crippen LogP contribution in [0.4, 0.5) is 14.5 Å². The minimum atomic E-state index is -0.961. The van der Waals surface area contributed by atoms with Crippen LogP contribution >= 0.6 is 11.6 Å². The Morgan fingerprint density at radius 2 is 1.76 bits per heavy atom. The van der Waals surface area contributed by atoms with Crippen LogP contribution in [0.1, 0.15) is 16.8 Å². The highest BCUT2D eigenvalue weighted by Gasteiger charge is 2.09. The van der Waals surface area contributed by atoms with Gasteiger partial charge in [0.05, 0.1) is 6.42 Å². The van der Waals surface area contributed by atoms with Crippen molar-refractivity contribution in [2.75, 3.05) is 5.32 Å². The van der Waals surface area contributed by atoms with Crippen molar-refractivity contribution in [1.82, 2.24) is 0 Å². The number of hydrogen-bond donors (Lipinski definition) is 1. The van der Waals surface area contributed by atoms with E-state index >= 15 is 0 Å². The summed E-state index contributed by atoms with van der Waals surface area (Å²) in [7, 11) is 0. The molecule has 0 aliphatic rings. The minimum Gasteiger partial charge on any atom is -0.359 e. The normalized spacial score (nSPS) is 10.2. The average molecular weight is 308 g/mol. The minimum absolute atomic E-state index is 0.0423. The van der Waals surface area contributed by atoms with Crippen molar-refractivity contribution in [3.8, 4) is 0 Å². The number of allylic oxidation sites excluding steroid dienone is 1. The number of ketones is 1. The Morgan fingerprint density at radius 1 is 1.10 bits per heavy atom. The molecule has 0 unspecified atom stereocenters. The number of hydrogen-bond acceptors (Lipinski definition) is 2. The molecule has 0 saturated heterocycles. The lowest BCUT2D eigenvalue weighted by Crippen LogP contribution is -2.06. The SMILES string of the molecule is C=C(CC(=O)c1ccc(Cl)cc1)Nc1ccc(F)c(F)c1. The Kier molecular flexibility index (Phi) is 4.70. The molecule has 0 atom stereocenters. The summed E-state index contributed by atoms with van der Waals surface area (Å²) >= 11 is 5.75. The Morgan fingerprint density at radius 3 is 2.38 bits per heavy atom. The molecule has 2 nitrogen and oxygen atoms in total. The second kappa shape index (κ2) is 6.50. The van der Waals surface area contributed by atoms with E-state index < -0.39 is 11.6 Å². The Bertz CT molecular complexity index is 683. The first-order valence-electron chi connectivity index (χ1n) is 6.14. The predicted octanol–water partition coefficient (Wildman–Crippen LogP) is 4.82. The number of carbonyl (C=O) groups excluding carboxylic acids is 1. The smallest absolute Gasteiger partial charge is 0.168 e. The number of Topliss-reactive ketones (excluding diaryl/α,β-unsaturated/α-hetero) is 1. The third-order valence-corrected chi connectivity index (χ3v) is 3.03. The van der Waals surface area contributed by atoms with Crippen molar-refractivity contribution < 1.29 is 13.6 Å². The standard InChI is InChI=1S/C16H12ClF2NO/c1-10(20-13-6-7-14(18)15(19)9-13)8-16(21)11-2-4-12(17)5-3-11/h2-7,9,20H,1,8H2. The summed E-state index contributed by atoms with van der Waals surface area (Å²) in [6.45, 7) is 3.71. The van der Waals surface area contributed by atoms with Crippen molar-refractivity contribution in [1.29, 1.82) is 0 Å². The number of nitrogens with one attached hydrogen (secondary N) is 1. The first-order chi connectivity index (χ1) is 9.95. The first kappa shape index (κ1) is 15.2. The van der Waals surface area contributed by atoms with Gasteiger partial charge in [-0.3, -0.25) is 4.79 Å². The monoisotopic (exact) mass is 307 g/mol. The third-order valence-electron chi connectivity index (χ3n) is 2.78. The van der Waals surface area contributed by atoms with Gasteiger partial charge in [-0.05, 0) is 36.4 Å². The quantitative estimate of drug-likeness (QED) is 0.803. The van der Waals surface area contributed by atoms with Crippen LogP contribution < -0.4 is 5.32 Å². The molecule has 0 bridgehead atoms. The van der Waals surface area contributed by atoms with Gasteiger partial charge in [-0.2, -0.15) is 0 Å². The van der Waals surface area contributed by atoms with E-state index in [2.05, 4.69) is 11.9 Å². The van der Waals surface area contributed by atoms with Gasteiger partial charge in [0.15, 0.2) is 17.4 Å². The maximum absolute atomic E-state index is 13.1. The molecule has 0 radical (unpaired) electrons. The van der Waals surface area contributed by atoms with E-state index in [-0.39, 0.29) is 12.2 Å². The lowest BCUT2D eigenvalue weighted by Gasteiger charge is -2.09. The molecule has 108 valence electrons. The molecule has 0 amide bonds. The van der Waals surface area contributed by atoms with E-state index in [9.17, 15) is 13.6 Å². The second-order valence-electron chi connectivity index (χ2n) is 4.46. The Hall–Kier alpha value is -2.20. The summed E-state index contributed by atoms with van der Waals surface area (Å²) in [5.41, 5.74) is 1.23. The molecule has 0 heterocycles. The zero-order valence-corrected chi connectivity index (χ0v) is 11.8. The molecular weight excluding hydrogens is 296 g/mol. The lowest BCUT2D eigenvalue weighted by atomic mass is 10.1. The number of anilines is 1. The van der Waals surface area contributed by atoms with Gasteiger partial charge in [-0.1, -0.05) is 18.2 Å². The number of benzene rings is 2. The van der Waals surface area contributed by atoms with Gasteiger partial charge < -0.3 is 5.32 Å². The van der Waals surface area contributed by atoms with E-state index in [1.54, 1.807) is 24.3 Å². The number of carbonyl (C=O) groups is 1. The molecule has 2 aromatic rings. The van der Waals surface area contributed by atoms with Crippen LogP contribution in [0.3, 0.4) is 0 Å². The fraction of sp³-hybridized carbons (Fsp3) is 0.0625. The van der Waals surface area contributed by atoms with Crippen molar-refractivity contribution in [3.63, 3.8) is 0 Å². The summed E-state index contributed by atoms with van der Waals surface area (Å²) < 4.78 is 25.9. The fourth-order valence-corrected chi connectivity index (χ4v) is 1.88. The van der Waals surface area contributed by atoms with Crippen molar-refractivity contribution in [3.05, 3.63) is 77.0 Å². The zero-order chi connectivity index (χ0) is 15.4. The molecule has 0 spiro atoms. The van der Waals surface area contributed by atoms with Crippen LogP contribution in [0.2, 0.25) is 5.02 Å². The Labute approximate surface area is 126 Å². The maximum Gasteiger partial charge on any atom is 0.168 e. The van der Waals surface area contributed by atoms with Gasteiger partial charge in [0, 0.05) is 28.0 Å². The van der Waals surface area contributed by atoms with Gasteiger partial charge in [-0.25, -0.2) is 8.78 Å². The average Bonchev–Trinajstić information content (AvgIpc) is 2.43. The molecule has 5 heteroatoms. The van der Waals surface area contributed by atoms with Crippen LogP contribution in [0.15, 0.2) is 54.7 Å². The molecule has 0 aliphatic carbocycles. The van der Waals surface area contributed by atoms with Crippen molar-refractivity contribution in [2.45, 2.75) is 6.42 Å². The molecular formula is C16H12ClF2NO. The van der Waals surface area contributed by atoms with Gasteiger partial charge in [0.1, 0.15) is 0 Å². The fourth-order valence-electron chi connectivity index (χ4n) is 1.75. The van der Waals surface area contributed by atoms with E-state index in [1.807, 2.05) is 0 Å². The highest BCUT2D eigenvalue weighted by atomic mass is 35.5. The van der Waals surface area contributed by atoms with Gasteiger partial charge in [0.2, 0.25) is 0 Å². The van der Waals surface area contributed by atoms with Crippen molar-refractivity contribution in [2.24, 2.45) is 0 Å². The number of halogens is 3. The molecule has 2 rings (SSSR count). The molecule has 2 aromatic carbocycles. The summed E-state index contributed by atoms with van der Waals surface area (Å²) in [6.07, 6.45) is 0.0423. The Balaban J connectivity index is 1.99. The molecule has 21 heavy (non-hydrogen) atoms. The van der Waals surface area contributed by atoms with Crippen LogP contribution in [-0.2, 0) is 0 Å². The summed E-state index contributed by atoms with van der Waals surface area (Å²) in [5, 5.41) is 3.32. The highest BCUT2D eigenvalue weighted by molar-refractivity contribution is 6.30. The maximum atomic E-state index is 13.1. The zero-order valence-electron chi connectivity index (χ0n) is 11.0. The molecule has 0 fully saturated rings. The molecule has 0 aliphatic heterocycles. The van der Waals surface area contributed by atoms with Crippen LogP contribution in [0, 0.1) is 11.6 Å². The topological polar surface area (TPSA) is 29.1 Å². The van der Waals surface area contributed by atoms with Crippen LogP contribution in [-0.4, -0.2) is 5.78 Å². The molecule has 1 N–H and O–H groups in total. The van der Waals surface area contributed by atoms with Gasteiger partial charge >= 0.3 is 0 Å². The van der Waals surface area contributed by atoms with Gasteiger partial charge in [-0.15, -0.1) is 0 Å². The summed E-state index contributed by atoms with van der Waals surface area (Å²) in [5.74, 6) is -2.04. The molecule has 0 aromatic heterocycles. The van der Waals surface area contributed by atoms with E-state index in [1.165, 1.54) is 6.07 Å². The van der Waals surface area contributed by atoms with Crippen LogP contribution in [0.5, 0.6) is 0 Å². The van der Waals surface area contributed by atoms with E-state index in [0.29, 0.717) is 22.0 Å². The number of rotatable bonds is 5. The largest absolute Gasteiger partial charge is 0.359 e. The predicted molar refractivity (Wildman–Crippen MR) is 79.5 cm³/mol. The van der Waals surface area contributed by atoms with E-state index in [4.69, 9.17) is 11.6 Å². The highest BCUT2D eigenvalue weighted by Crippen LogP contribution is 2.17. The second-order valence-corrected chi connectivity index (χ2v) is 4.90. The molecule has 0 saturated carbocycles. The summed E-state index contributed by atoms with van der Waals surface area (Å²) in [4.78, 5) is 12.0. The van der Waals surface area contributed by atoms with Crippen LogP contribution in [0.25, 0.3) is 0 Å².